The number of carbonyl (C=O) groups excluding carboxylic acids is 2. The molecule has 1 atom stereocenters. The number of ether oxygens (including phenoxy) is 2. The highest BCUT2D eigenvalue weighted by molar-refractivity contribution is 5.89. The standard InChI is InChI=1S/C30H33N5O4/c1-20(2)14-15-31-30(37)29(23-9-5-4-8-21(23)3)34(17-22-12-13-26-27(16-22)39-19-38-26)28(36)18-35-25-11-7-6-10-24(25)32-33-35/h4-13,16,20,29H,14-15,17-19H2,1-3H3,(H,31,37)/t29-/m1/s1. The number of nitrogens with zero attached hydrogens (tertiary/aromatic N) is 4. The van der Waals surface area contributed by atoms with E-state index in [-0.39, 0.29) is 31.7 Å². The van der Waals surface area contributed by atoms with Crippen LogP contribution in [0.2, 0.25) is 0 Å². The van der Waals surface area contributed by atoms with Gasteiger partial charge in [0, 0.05) is 13.1 Å². The number of amides is 2. The molecule has 4 aromatic rings. The number of hydrogen-bond acceptors (Lipinski definition) is 6. The van der Waals surface area contributed by atoms with Gasteiger partial charge in [0.2, 0.25) is 18.6 Å². The van der Waals surface area contributed by atoms with Gasteiger partial charge in [0.25, 0.3) is 0 Å². The van der Waals surface area contributed by atoms with Crippen LogP contribution in [0, 0.1) is 12.8 Å². The average molecular weight is 528 g/mol. The zero-order valence-electron chi connectivity index (χ0n) is 22.5. The lowest BCUT2D eigenvalue weighted by atomic mass is 9.98. The van der Waals surface area contributed by atoms with E-state index in [9.17, 15) is 9.59 Å². The second kappa shape index (κ2) is 11.6. The van der Waals surface area contributed by atoms with Gasteiger partial charge < -0.3 is 19.7 Å². The summed E-state index contributed by atoms with van der Waals surface area (Å²) in [7, 11) is 0. The molecule has 39 heavy (non-hydrogen) atoms. The van der Waals surface area contributed by atoms with E-state index in [0.717, 1.165) is 28.6 Å². The number of hydrogen-bond donors (Lipinski definition) is 1. The van der Waals surface area contributed by atoms with Gasteiger partial charge in [-0.05, 0) is 60.2 Å². The highest BCUT2D eigenvalue weighted by atomic mass is 16.7. The van der Waals surface area contributed by atoms with Gasteiger partial charge in [0.1, 0.15) is 18.1 Å². The minimum Gasteiger partial charge on any atom is -0.454 e. The van der Waals surface area contributed by atoms with E-state index in [4.69, 9.17) is 9.47 Å². The van der Waals surface area contributed by atoms with Crippen LogP contribution in [0.25, 0.3) is 11.0 Å². The van der Waals surface area contributed by atoms with E-state index in [1.165, 1.54) is 0 Å². The van der Waals surface area contributed by atoms with E-state index >= 15 is 0 Å². The van der Waals surface area contributed by atoms with Crippen LogP contribution < -0.4 is 14.8 Å². The first-order valence-electron chi connectivity index (χ1n) is 13.2. The normalized spacial score (nSPS) is 13.0. The van der Waals surface area contributed by atoms with Gasteiger partial charge >= 0.3 is 0 Å². The quantitative estimate of drug-likeness (QED) is 0.328. The highest BCUT2D eigenvalue weighted by Gasteiger charge is 2.33. The molecule has 0 bridgehead atoms. The third-order valence-electron chi connectivity index (χ3n) is 6.88. The molecule has 0 radical (unpaired) electrons. The summed E-state index contributed by atoms with van der Waals surface area (Å²) in [5.74, 6) is 1.25. The van der Waals surface area contributed by atoms with Gasteiger partial charge in [-0.1, -0.05) is 61.5 Å². The Labute approximate surface area is 227 Å². The molecule has 2 amide bonds. The van der Waals surface area contributed by atoms with Crippen LogP contribution in [0.5, 0.6) is 11.5 Å². The molecule has 0 spiro atoms. The van der Waals surface area contributed by atoms with E-state index < -0.39 is 6.04 Å². The van der Waals surface area contributed by atoms with Crippen LogP contribution in [0.1, 0.15) is 43.0 Å². The Hall–Kier alpha value is -4.40. The Kier molecular flexibility index (Phi) is 7.76. The van der Waals surface area contributed by atoms with Gasteiger partial charge in [0.05, 0.1) is 5.52 Å². The molecule has 1 aliphatic rings. The third kappa shape index (κ3) is 5.87. The molecule has 9 heteroatoms. The number of aromatic nitrogens is 3. The first kappa shape index (κ1) is 26.2. The molecular formula is C30H33N5O4. The maximum atomic E-state index is 14.1. The van der Waals surface area contributed by atoms with Gasteiger partial charge in [-0.15, -0.1) is 5.10 Å². The maximum Gasteiger partial charge on any atom is 0.247 e. The first-order chi connectivity index (χ1) is 18.9. The minimum absolute atomic E-state index is 0.0628. The lowest BCUT2D eigenvalue weighted by Crippen LogP contribution is -2.45. The van der Waals surface area contributed by atoms with Gasteiger partial charge in [-0.2, -0.15) is 0 Å². The lowest BCUT2D eigenvalue weighted by Gasteiger charge is -2.32. The fraction of sp³-hybridized carbons (Fsp3) is 0.333. The van der Waals surface area contributed by atoms with Crippen LogP contribution in [0.15, 0.2) is 66.7 Å². The summed E-state index contributed by atoms with van der Waals surface area (Å²) in [5, 5.41) is 11.5. The molecule has 202 valence electrons. The minimum atomic E-state index is -0.842. The fourth-order valence-corrected chi connectivity index (χ4v) is 4.74. The topological polar surface area (TPSA) is 98.6 Å². The van der Waals surface area contributed by atoms with Crippen molar-refractivity contribution in [2.75, 3.05) is 13.3 Å². The van der Waals surface area contributed by atoms with Crippen molar-refractivity contribution in [3.8, 4) is 11.5 Å². The van der Waals surface area contributed by atoms with Crippen LogP contribution in [-0.4, -0.2) is 45.0 Å². The molecule has 0 fully saturated rings. The Bertz CT molecular complexity index is 1480. The zero-order chi connectivity index (χ0) is 27.4. The largest absolute Gasteiger partial charge is 0.454 e. The molecule has 1 aromatic heterocycles. The van der Waals surface area contributed by atoms with Crippen molar-refractivity contribution >= 4 is 22.8 Å². The lowest BCUT2D eigenvalue weighted by molar-refractivity contribution is -0.142. The Balaban J connectivity index is 1.53. The van der Waals surface area contributed by atoms with Crippen LogP contribution >= 0.6 is 0 Å². The highest BCUT2D eigenvalue weighted by Crippen LogP contribution is 2.34. The Morgan fingerprint density at radius 2 is 1.79 bits per heavy atom. The van der Waals surface area contributed by atoms with E-state index in [1.54, 1.807) is 9.58 Å². The van der Waals surface area contributed by atoms with Crippen LogP contribution in [-0.2, 0) is 22.7 Å². The molecule has 3 aromatic carbocycles. The molecule has 0 saturated carbocycles. The summed E-state index contributed by atoms with van der Waals surface area (Å²) in [6.07, 6.45) is 0.841. The SMILES string of the molecule is Cc1ccccc1[C@H](C(=O)NCCC(C)C)N(Cc1ccc2c(c1)OCO2)C(=O)Cn1nnc2ccccc21. The van der Waals surface area contributed by atoms with Crippen LogP contribution in [0.4, 0.5) is 0 Å². The smallest absolute Gasteiger partial charge is 0.247 e. The number of nitrogens with one attached hydrogen (secondary N) is 1. The predicted octanol–water partition coefficient (Wildman–Crippen LogP) is 4.40. The number of fused-ring (bicyclic) bond motifs is 2. The second-order valence-electron chi connectivity index (χ2n) is 10.2. The molecule has 0 saturated heterocycles. The molecule has 1 aliphatic heterocycles. The summed E-state index contributed by atoms with van der Waals surface area (Å²) in [6.45, 7) is 7.00. The van der Waals surface area contributed by atoms with Crippen molar-refractivity contribution in [3.63, 3.8) is 0 Å². The maximum absolute atomic E-state index is 14.1. The second-order valence-corrected chi connectivity index (χ2v) is 10.2. The monoisotopic (exact) mass is 527 g/mol. The summed E-state index contributed by atoms with van der Waals surface area (Å²) in [6, 6.07) is 19.9. The molecule has 5 rings (SSSR count). The molecule has 0 aliphatic carbocycles. The van der Waals surface area contributed by atoms with Crippen molar-refractivity contribution in [2.24, 2.45) is 5.92 Å². The van der Waals surface area contributed by atoms with Crippen molar-refractivity contribution in [2.45, 2.75) is 46.3 Å². The average Bonchev–Trinajstić information content (AvgIpc) is 3.56. The van der Waals surface area contributed by atoms with E-state index in [2.05, 4.69) is 29.5 Å². The van der Waals surface area contributed by atoms with Gasteiger partial charge in [-0.25, -0.2) is 4.68 Å². The Morgan fingerprint density at radius 1 is 1.03 bits per heavy atom. The summed E-state index contributed by atoms with van der Waals surface area (Å²) in [5.41, 5.74) is 3.98. The fourth-order valence-electron chi connectivity index (χ4n) is 4.74. The number of rotatable bonds is 10. The van der Waals surface area contributed by atoms with E-state index in [0.29, 0.717) is 29.5 Å². The zero-order valence-corrected chi connectivity index (χ0v) is 22.5. The summed E-state index contributed by atoms with van der Waals surface area (Å²) >= 11 is 0. The van der Waals surface area contributed by atoms with Gasteiger partial charge in [-0.3, -0.25) is 9.59 Å². The third-order valence-corrected chi connectivity index (χ3v) is 6.88. The first-order valence-corrected chi connectivity index (χ1v) is 13.2. The molecule has 2 heterocycles. The number of carbonyl (C=O) groups is 2. The molecule has 1 N–H and O–H groups in total. The van der Waals surface area contributed by atoms with Crippen molar-refractivity contribution in [1.29, 1.82) is 0 Å². The van der Waals surface area contributed by atoms with Crippen molar-refractivity contribution < 1.29 is 19.1 Å². The van der Waals surface area contributed by atoms with Crippen molar-refractivity contribution in [1.82, 2.24) is 25.2 Å². The summed E-state index contributed by atoms with van der Waals surface area (Å²) < 4.78 is 12.6. The van der Waals surface area contributed by atoms with Gasteiger partial charge in [0.15, 0.2) is 11.5 Å². The van der Waals surface area contributed by atoms with Crippen LogP contribution in [0.3, 0.4) is 0 Å². The van der Waals surface area contributed by atoms with Crippen molar-refractivity contribution in [3.05, 3.63) is 83.4 Å². The number of benzene rings is 3. The number of aryl methyl sites for hydroxylation is 1. The van der Waals surface area contributed by atoms with E-state index in [1.807, 2.05) is 73.7 Å². The molecule has 9 nitrogen and oxygen atoms in total. The predicted molar refractivity (Wildman–Crippen MR) is 147 cm³/mol. The summed E-state index contributed by atoms with van der Waals surface area (Å²) in [4.78, 5) is 29.6. The molecule has 0 unspecified atom stereocenters. The molecular weight excluding hydrogens is 494 g/mol. The Morgan fingerprint density at radius 3 is 2.62 bits per heavy atom. The number of para-hydroxylation sites is 1.